The Balaban J connectivity index is 2.27. The van der Waals surface area contributed by atoms with Crippen LogP contribution >= 0.6 is 15.9 Å². The van der Waals surface area contributed by atoms with Crippen molar-refractivity contribution in [2.24, 2.45) is 0 Å². The molecule has 0 saturated carbocycles. The van der Waals surface area contributed by atoms with Crippen molar-refractivity contribution in [3.63, 3.8) is 0 Å². The lowest BCUT2D eigenvalue weighted by atomic mass is 9.97. The molecule has 0 aliphatic carbocycles. The minimum absolute atomic E-state index is 0.0658. The van der Waals surface area contributed by atoms with Gasteiger partial charge < -0.3 is 5.32 Å². The van der Waals surface area contributed by atoms with Crippen molar-refractivity contribution < 1.29 is 8.78 Å². The Morgan fingerprint density at radius 3 is 2.48 bits per heavy atom. The molecule has 0 aliphatic rings. The molecular weight excluding hydrogens is 336 g/mol. The second kappa shape index (κ2) is 7.14. The van der Waals surface area contributed by atoms with Crippen molar-refractivity contribution in [2.45, 2.75) is 26.3 Å². The standard InChI is InChI=1S/C17H18BrF2N/c1-3-21-17(13-6-11(2)7-14(18)10-13)9-12-4-5-15(19)16(20)8-12/h4-8,10,17,21H,3,9H2,1-2H3. The van der Waals surface area contributed by atoms with Gasteiger partial charge in [-0.2, -0.15) is 0 Å². The Morgan fingerprint density at radius 2 is 1.86 bits per heavy atom. The van der Waals surface area contributed by atoms with Crippen LogP contribution in [-0.4, -0.2) is 6.54 Å². The molecule has 1 atom stereocenters. The zero-order valence-corrected chi connectivity index (χ0v) is 13.7. The molecule has 1 N–H and O–H groups in total. The van der Waals surface area contributed by atoms with E-state index in [9.17, 15) is 8.78 Å². The first-order valence-electron chi connectivity index (χ1n) is 6.94. The Labute approximate surface area is 132 Å². The van der Waals surface area contributed by atoms with E-state index in [1.54, 1.807) is 6.07 Å². The fraction of sp³-hybridized carbons (Fsp3) is 0.294. The number of halogens is 3. The minimum Gasteiger partial charge on any atom is -0.310 e. The van der Waals surface area contributed by atoms with E-state index in [2.05, 4.69) is 33.4 Å². The van der Waals surface area contributed by atoms with Gasteiger partial charge in [-0.1, -0.05) is 35.0 Å². The summed E-state index contributed by atoms with van der Waals surface area (Å²) >= 11 is 3.50. The van der Waals surface area contributed by atoms with Gasteiger partial charge >= 0.3 is 0 Å². The number of aryl methyl sites for hydroxylation is 1. The van der Waals surface area contributed by atoms with Gasteiger partial charge in [0, 0.05) is 10.5 Å². The summed E-state index contributed by atoms with van der Waals surface area (Å²) in [5.41, 5.74) is 3.07. The van der Waals surface area contributed by atoms with E-state index in [4.69, 9.17) is 0 Å². The van der Waals surface area contributed by atoms with Gasteiger partial charge in [-0.05, 0) is 60.8 Å². The van der Waals surface area contributed by atoms with Crippen LogP contribution in [0, 0.1) is 18.6 Å². The average molecular weight is 354 g/mol. The van der Waals surface area contributed by atoms with Crippen LogP contribution in [0.5, 0.6) is 0 Å². The van der Waals surface area contributed by atoms with E-state index in [1.165, 1.54) is 12.1 Å². The quantitative estimate of drug-likeness (QED) is 0.803. The van der Waals surface area contributed by atoms with Crippen molar-refractivity contribution in [2.75, 3.05) is 6.54 Å². The number of nitrogens with one attached hydrogen (secondary N) is 1. The van der Waals surface area contributed by atoms with Gasteiger partial charge in [0.15, 0.2) is 11.6 Å². The van der Waals surface area contributed by atoms with Crippen molar-refractivity contribution in [3.8, 4) is 0 Å². The smallest absolute Gasteiger partial charge is 0.159 e. The molecule has 4 heteroatoms. The Morgan fingerprint density at radius 1 is 1.10 bits per heavy atom. The predicted octanol–water partition coefficient (Wildman–Crippen LogP) is 4.93. The van der Waals surface area contributed by atoms with Crippen LogP contribution in [-0.2, 0) is 6.42 Å². The van der Waals surface area contributed by atoms with E-state index in [0.29, 0.717) is 6.42 Å². The van der Waals surface area contributed by atoms with E-state index >= 15 is 0 Å². The molecule has 0 fully saturated rings. The number of likely N-dealkylation sites (N-methyl/N-ethyl adjacent to an activating group) is 1. The van der Waals surface area contributed by atoms with Crippen LogP contribution in [0.3, 0.4) is 0 Å². The second-order valence-corrected chi connectivity index (χ2v) is 6.04. The van der Waals surface area contributed by atoms with Crippen LogP contribution in [0.4, 0.5) is 8.78 Å². The predicted molar refractivity (Wildman–Crippen MR) is 85.4 cm³/mol. The maximum absolute atomic E-state index is 13.3. The van der Waals surface area contributed by atoms with Crippen LogP contribution in [0.1, 0.15) is 29.7 Å². The van der Waals surface area contributed by atoms with Crippen molar-refractivity contribution in [1.82, 2.24) is 5.32 Å². The molecule has 0 aromatic heterocycles. The Kier molecular flexibility index (Phi) is 5.48. The normalized spacial score (nSPS) is 12.4. The molecule has 0 amide bonds. The fourth-order valence-corrected chi connectivity index (χ4v) is 3.05. The van der Waals surface area contributed by atoms with Crippen molar-refractivity contribution in [1.29, 1.82) is 0 Å². The molecule has 0 aliphatic heterocycles. The van der Waals surface area contributed by atoms with E-state index in [0.717, 1.165) is 27.7 Å². The number of rotatable bonds is 5. The molecule has 2 rings (SSSR count). The van der Waals surface area contributed by atoms with Crippen LogP contribution < -0.4 is 5.32 Å². The van der Waals surface area contributed by atoms with Gasteiger partial charge in [0.2, 0.25) is 0 Å². The van der Waals surface area contributed by atoms with Gasteiger partial charge in [0.1, 0.15) is 0 Å². The molecule has 0 saturated heterocycles. The Bertz CT molecular complexity index is 608. The van der Waals surface area contributed by atoms with Crippen molar-refractivity contribution in [3.05, 3.63) is 69.2 Å². The summed E-state index contributed by atoms with van der Waals surface area (Å²) < 4.78 is 27.4. The van der Waals surface area contributed by atoms with Gasteiger partial charge in [-0.3, -0.25) is 0 Å². The molecule has 2 aromatic rings. The Hall–Kier alpha value is -1.26. The van der Waals surface area contributed by atoms with Crippen LogP contribution in [0.15, 0.2) is 40.9 Å². The van der Waals surface area contributed by atoms with Gasteiger partial charge in [0.05, 0.1) is 0 Å². The summed E-state index contributed by atoms with van der Waals surface area (Å²) in [5, 5.41) is 3.40. The average Bonchev–Trinajstić information content (AvgIpc) is 2.41. The maximum atomic E-state index is 13.3. The largest absolute Gasteiger partial charge is 0.310 e. The lowest BCUT2D eigenvalue weighted by Crippen LogP contribution is -2.23. The first kappa shape index (κ1) is 16.1. The molecule has 0 radical (unpaired) electrons. The molecule has 2 aromatic carbocycles. The highest BCUT2D eigenvalue weighted by Gasteiger charge is 2.13. The van der Waals surface area contributed by atoms with E-state index < -0.39 is 11.6 Å². The highest BCUT2D eigenvalue weighted by molar-refractivity contribution is 9.10. The molecule has 0 spiro atoms. The lowest BCUT2D eigenvalue weighted by molar-refractivity contribution is 0.502. The van der Waals surface area contributed by atoms with Gasteiger partial charge in [0.25, 0.3) is 0 Å². The minimum atomic E-state index is -0.808. The molecule has 112 valence electrons. The highest BCUT2D eigenvalue weighted by atomic mass is 79.9. The topological polar surface area (TPSA) is 12.0 Å². The van der Waals surface area contributed by atoms with Crippen LogP contribution in [0.25, 0.3) is 0 Å². The molecule has 1 nitrogen and oxygen atoms in total. The van der Waals surface area contributed by atoms with Gasteiger partial charge in [-0.15, -0.1) is 0 Å². The third-order valence-electron chi connectivity index (χ3n) is 3.34. The number of hydrogen-bond donors (Lipinski definition) is 1. The molecular formula is C17H18BrF2N. The summed E-state index contributed by atoms with van der Waals surface area (Å²) in [6.45, 7) is 4.87. The van der Waals surface area contributed by atoms with E-state index in [-0.39, 0.29) is 6.04 Å². The SMILES string of the molecule is CCNC(Cc1ccc(F)c(F)c1)c1cc(C)cc(Br)c1. The highest BCUT2D eigenvalue weighted by Crippen LogP contribution is 2.24. The molecule has 1 unspecified atom stereocenters. The van der Waals surface area contributed by atoms with E-state index in [1.807, 2.05) is 19.9 Å². The van der Waals surface area contributed by atoms with Crippen LogP contribution in [0.2, 0.25) is 0 Å². The maximum Gasteiger partial charge on any atom is 0.159 e. The van der Waals surface area contributed by atoms with Gasteiger partial charge in [-0.25, -0.2) is 8.78 Å². The number of hydrogen-bond acceptors (Lipinski definition) is 1. The third kappa shape index (κ3) is 4.35. The first-order chi connectivity index (χ1) is 9.99. The summed E-state index contributed by atoms with van der Waals surface area (Å²) in [6, 6.07) is 10.4. The zero-order valence-electron chi connectivity index (χ0n) is 12.1. The van der Waals surface area contributed by atoms with Crippen molar-refractivity contribution >= 4 is 15.9 Å². The molecule has 21 heavy (non-hydrogen) atoms. The summed E-state index contributed by atoms with van der Waals surface area (Å²) in [7, 11) is 0. The first-order valence-corrected chi connectivity index (χ1v) is 7.73. The third-order valence-corrected chi connectivity index (χ3v) is 3.80. The molecule has 0 heterocycles. The summed E-state index contributed by atoms with van der Waals surface area (Å²) in [6.07, 6.45) is 0.612. The zero-order chi connectivity index (χ0) is 15.4. The summed E-state index contributed by atoms with van der Waals surface area (Å²) in [5.74, 6) is -1.61. The second-order valence-electron chi connectivity index (χ2n) is 5.12. The summed E-state index contributed by atoms with van der Waals surface area (Å²) in [4.78, 5) is 0. The monoisotopic (exact) mass is 353 g/mol. The molecule has 0 bridgehead atoms. The lowest BCUT2D eigenvalue weighted by Gasteiger charge is -2.19. The number of benzene rings is 2. The fourth-order valence-electron chi connectivity index (χ4n) is 2.42.